The van der Waals surface area contributed by atoms with E-state index in [-0.39, 0.29) is 12.5 Å². The number of para-hydroxylation sites is 1. The van der Waals surface area contributed by atoms with E-state index in [0.717, 1.165) is 10.9 Å². The average molecular weight is 311 g/mol. The van der Waals surface area contributed by atoms with Crippen molar-refractivity contribution in [2.45, 2.75) is 13.5 Å². The molecule has 0 bridgehead atoms. The Hall–Kier alpha value is -2.86. The van der Waals surface area contributed by atoms with Gasteiger partial charge in [0.2, 0.25) is 0 Å². The van der Waals surface area contributed by atoms with Crippen molar-refractivity contribution in [1.82, 2.24) is 10.2 Å². The van der Waals surface area contributed by atoms with Gasteiger partial charge in [-0.1, -0.05) is 18.2 Å². The lowest BCUT2D eigenvalue weighted by Gasteiger charge is -2.11. The van der Waals surface area contributed by atoms with Gasteiger partial charge in [-0.3, -0.25) is 9.89 Å². The van der Waals surface area contributed by atoms with Crippen LogP contribution in [0.5, 0.6) is 5.75 Å². The standard InChI is InChI=1S/C17H17N3O3/c1-2-23-15-8-7-12(9-11(15)10-21)18-17(22)16-13-5-3-4-6-14(13)19-20-16/h3-9,21H,2,10H2,1H3,(H,18,22)(H,19,20). The molecule has 0 aliphatic rings. The zero-order valence-electron chi connectivity index (χ0n) is 12.7. The number of aromatic nitrogens is 2. The van der Waals surface area contributed by atoms with Gasteiger partial charge < -0.3 is 15.2 Å². The number of benzene rings is 2. The Balaban J connectivity index is 1.85. The van der Waals surface area contributed by atoms with Gasteiger partial charge in [-0.15, -0.1) is 0 Å². The third kappa shape index (κ3) is 3.02. The summed E-state index contributed by atoms with van der Waals surface area (Å²) >= 11 is 0. The quantitative estimate of drug-likeness (QED) is 0.676. The van der Waals surface area contributed by atoms with Crippen LogP contribution < -0.4 is 10.1 Å². The fourth-order valence-corrected chi connectivity index (χ4v) is 2.40. The first kappa shape index (κ1) is 15.1. The first-order chi connectivity index (χ1) is 11.2. The molecule has 6 heteroatoms. The van der Waals surface area contributed by atoms with Gasteiger partial charge in [-0.25, -0.2) is 0 Å². The first-order valence-electron chi connectivity index (χ1n) is 7.34. The van der Waals surface area contributed by atoms with Gasteiger partial charge in [0.25, 0.3) is 5.91 Å². The summed E-state index contributed by atoms with van der Waals surface area (Å²) < 4.78 is 5.43. The Morgan fingerprint density at radius 1 is 1.30 bits per heavy atom. The van der Waals surface area contributed by atoms with Gasteiger partial charge in [0.05, 0.1) is 18.7 Å². The number of nitrogens with one attached hydrogen (secondary N) is 2. The molecule has 0 spiro atoms. The SMILES string of the molecule is CCOc1ccc(NC(=O)c2n[nH]c3ccccc23)cc1CO. The topological polar surface area (TPSA) is 87.2 Å². The number of rotatable bonds is 5. The molecule has 1 aromatic heterocycles. The Morgan fingerprint density at radius 3 is 2.91 bits per heavy atom. The molecule has 0 atom stereocenters. The highest BCUT2D eigenvalue weighted by molar-refractivity contribution is 6.11. The Morgan fingerprint density at radius 2 is 2.13 bits per heavy atom. The zero-order valence-corrected chi connectivity index (χ0v) is 12.7. The monoisotopic (exact) mass is 311 g/mol. The number of H-pyrrole nitrogens is 1. The van der Waals surface area contributed by atoms with Crippen molar-refractivity contribution < 1.29 is 14.6 Å². The molecule has 0 saturated carbocycles. The van der Waals surface area contributed by atoms with Crippen molar-refractivity contribution in [3.05, 3.63) is 53.7 Å². The van der Waals surface area contributed by atoms with Crippen molar-refractivity contribution in [2.75, 3.05) is 11.9 Å². The van der Waals surface area contributed by atoms with E-state index in [2.05, 4.69) is 15.5 Å². The molecule has 0 unspecified atom stereocenters. The van der Waals surface area contributed by atoms with Crippen LogP contribution in [0.2, 0.25) is 0 Å². The summed E-state index contributed by atoms with van der Waals surface area (Å²) in [6.45, 7) is 2.22. The summed E-state index contributed by atoms with van der Waals surface area (Å²) in [5, 5.41) is 19.9. The number of amides is 1. The molecule has 1 amide bonds. The summed E-state index contributed by atoms with van der Waals surface area (Å²) in [5.74, 6) is 0.300. The summed E-state index contributed by atoms with van der Waals surface area (Å²) in [4.78, 5) is 12.4. The van der Waals surface area contributed by atoms with Crippen LogP contribution in [0.4, 0.5) is 5.69 Å². The fourth-order valence-electron chi connectivity index (χ4n) is 2.40. The maximum atomic E-state index is 12.4. The van der Waals surface area contributed by atoms with E-state index < -0.39 is 0 Å². The molecule has 0 saturated heterocycles. The first-order valence-corrected chi connectivity index (χ1v) is 7.34. The minimum absolute atomic E-state index is 0.162. The van der Waals surface area contributed by atoms with Gasteiger partial charge in [0.15, 0.2) is 5.69 Å². The number of fused-ring (bicyclic) bond motifs is 1. The largest absolute Gasteiger partial charge is 0.494 e. The van der Waals surface area contributed by atoms with Crippen LogP contribution in [0.15, 0.2) is 42.5 Å². The van der Waals surface area contributed by atoms with E-state index in [1.165, 1.54) is 0 Å². The van der Waals surface area contributed by atoms with Crippen LogP contribution in [-0.2, 0) is 6.61 Å². The van der Waals surface area contributed by atoms with Crippen LogP contribution in [-0.4, -0.2) is 27.8 Å². The number of nitrogens with zero attached hydrogens (tertiary/aromatic N) is 1. The second-order valence-corrected chi connectivity index (χ2v) is 4.99. The number of aromatic amines is 1. The molecule has 3 rings (SSSR count). The Bertz CT molecular complexity index is 842. The second-order valence-electron chi connectivity index (χ2n) is 4.99. The third-order valence-electron chi connectivity index (χ3n) is 3.47. The number of anilines is 1. The van der Waals surface area contributed by atoms with Crippen molar-refractivity contribution >= 4 is 22.5 Å². The van der Waals surface area contributed by atoms with Crippen molar-refractivity contribution in [1.29, 1.82) is 0 Å². The van der Waals surface area contributed by atoms with Crippen LogP contribution in [0.3, 0.4) is 0 Å². The highest BCUT2D eigenvalue weighted by Gasteiger charge is 2.14. The molecular weight excluding hydrogens is 294 g/mol. The van der Waals surface area contributed by atoms with Gasteiger partial charge >= 0.3 is 0 Å². The van der Waals surface area contributed by atoms with E-state index in [9.17, 15) is 9.90 Å². The lowest BCUT2D eigenvalue weighted by Crippen LogP contribution is -2.13. The van der Waals surface area contributed by atoms with E-state index in [4.69, 9.17) is 4.74 Å². The summed E-state index contributed by atoms with van der Waals surface area (Å²) in [6, 6.07) is 12.6. The summed E-state index contributed by atoms with van der Waals surface area (Å²) in [7, 11) is 0. The molecule has 6 nitrogen and oxygen atoms in total. The van der Waals surface area contributed by atoms with Crippen molar-refractivity contribution in [3.63, 3.8) is 0 Å². The van der Waals surface area contributed by atoms with Crippen molar-refractivity contribution in [3.8, 4) is 5.75 Å². The molecule has 2 aromatic carbocycles. The van der Waals surface area contributed by atoms with Crippen LogP contribution >= 0.6 is 0 Å². The number of hydrogen-bond acceptors (Lipinski definition) is 4. The number of carbonyl (C=O) groups excluding carboxylic acids is 1. The number of hydrogen-bond donors (Lipinski definition) is 3. The maximum Gasteiger partial charge on any atom is 0.276 e. The Labute approximate surface area is 133 Å². The van der Waals surface area contributed by atoms with E-state index in [1.807, 2.05) is 31.2 Å². The zero-order chi connectivity index (χ0) is 16.2. The molecule has 118 valence electrons. The summed E-state index contributed by atoms with van der Waals surface area (Å²) in [6.07, 6.45) is 0. The predicted octanol–water partition coefficient (Wildman–Crippen LogP) is 2.71. The van der Waals surface area contributed by atoms with Gasteiger partial charge in [-0.2, -0.15) is 5.10 Å². The molecule has 0 aliphatic heterocycles. The third-order valence-corrected chi connectivity index (χ3v) is 3.47. The van der Waals surface area contributed by atoms with Crippen LogP contribution in [0.1, 0.15) is 23.0 Å². The number of aliphatic hydroxyl groups excluding tert-OH is 1. The molecule has 0 fully saturated rings. The van der Waals surface area contributed by atoms with Gasteiger partial charge in [-0.05, 0) is 31.2 Å². The molecular formula is C17H17N3O3. The Kier molecular flexibility index (Phi) is 4.25. The number of ether oxygens (including phenoxy) is 1. The highest BCUT2D eigenvalue weighted by Crippen LogP contribution is 2.24. The van der Waals surface area contributed by atoms with Crippen LogP contribution in [0.25, 0.3) is 10.9 Å². The van der Waals surface area contributed by atoms with Crippen molar-refractivity contribution in [2.24, 2.45) is 0 Å². The average Bonchev–Trinajstić information content (AvgIpc) is 3.00. The van der Waals surface area contributed by atoms with Gasteiger partial charge in [0.1, 0.15) is 5.75 Å². The smallest absolute Gasteiger partial charge is 0.276 e. The molecule has 0 aliphatic carbocycles. The van der Waals surface area contributed by atoms with E-state index in [1.54, 1.807) is 18.2 Å². The molecule has 1 heterocycles. The number of aliphatic hydroxyl groups is 1. The highest BCUT2D eigenvalue weighted by atomic mass is 16.5. The minimum atomic E-state index is -0.310. The second kappa shape index (κ2) is 6.50. The van der Waals surface area contributed by atoms with E-state index >= 15 is 0 Å². The number of carbonyl (C=O) groups is 1. The predicted molar refractivity (Wildman–Crippen MR) is 87.6 cm³/mol. The minimum Gasteiger partial charge on any atom is -0.494 e. The fraction of sp³-hybridized carbons (Fsp3) is 0.176. The van der Waals surface area contributed by atoms with Gasteiger partial charge in [0, 0.05) is 16.6 Å². The molecule has 3 aromatic rings. The van der Waals surface area contributed by atoms with Crippen LogP contribution in [0, 0.1) is 0 Å². The maximum absolute atomic E-state index is 12.4. The lowest BCUT2D eigenvalue weighted by atomic mass is 10.1. The molecule has 0 radical (unpaired) electrons. The molecule has 3 N–H and O–H groups in total. The normalized spacial score (nSPS) is 10.7. The lowest BCUT2D eigenvalue weighted by molar-refractivity contribution is 0.102. The summed E-state index contributed by atoms with van der Waals surface area (Å²) in [5.41, 5.74) is 2.34. The van der Waals surface area contributed by atoms with E-state index in [0.29, 0.717) is 29.3 Å². The molecule has 23 heavy (non-hydrogen) atoms.